The van der Waals surface area contributed by atoms with E-state index >= 15 is 0 Å². The van der Waals surface area contributed by atoms with Crippen molar-refractivity contribution < 1.29 is 4.79 Å². The number of nitrogens with zero attached hydrogens (tertiary/aromatic N) is 4. The highest BCUT2D eigenvalue weighted by molar-refractivity contribution is 6.03. The lowest BCUT2D eigenvalue weighted by molar-refractivity contribution is 0.102. The van der Waals surface area contributed by atoms with E-state index < -0.39 is 0 Å². The minimum absolute atomic E-state index is 0.238. The molecule has 1 amide bonds. The fourth-order valence-electron chi connectivity index (χ4n) is 1.87. The molecule has 0 radical (unpaired) electrons. The second kappa shape index (κ2) is 5.54. The summed E-state index contributed by atoms with van der Waals surface area (Å²) in [6.45, 7) is 1.87. The Bertz CT molecular complexity index is 750. The number of amides is 1. The molecule has 6 heteroatoms. The standard InChI is InChI=1S/C15H13N5O/c1-11-3-2-4-13(18-11)19-15(21)12-5-6-14(17-9-12)20-8-7-16-10-20/h2-10H,1H3,(H,18,19,21). The Morgan fingerprint density at radius 1 is 1.24 bits per heavy atom. The third kappa shape index (κ3) is 2.94. The molecule has 0 fully saturated rings. The number of hydrogen-bond acceptors (Lipinski definition) is 4. The third-order valence-corrected chi connectivity index (χ3v) is 2.91. The monoisotopic (exact) mass is 279 g/mol. The first-order chi connectivity index (χ1) is 10.2. The summed E-state index contributed by atoms with van der Waals surface area (Å²) in [7, 11) is 0. The molecule has 0 aliphatic rings. The van der Waals surface area contributed by atoms with Crippen LogP contribution in [0.2, 0.25) is 0 Å². The van der Waals surface area contributed by atoms with Crippen LogP contribution in [0.4, 0.5) is 5.82 Å². The highest BCUT2D eigenvalue weighted by Gasteiger charge is 2.08. The number of imidazole rings is 1. The van der Waals surface area contributed by atoms with Crippen LogP contribution in [0, 0.1) is 6.92 Å². The van der Waals surface area contributed by atoms with E-state index in [-0.39, 0.29) is 5.91 Å². The number of carbonyl (C=O) groups excluding carboxylic acids is 1. The molecule has 104 valence electrons. The Balaban J connectivity index is 1.76. The summed E-state index contributed by atoms with van der Waals surface area (Å²) >= 11 is 0. The van der Waals surface area contributed by atoms with E-state index in [9.17, 15) is 4.79 Å². The maximum Gasteiger partial charge on any atom is 0.258 e. The van der Waals surface area contributed by atoms with E-state index in [1.54, 1.807) is 41.5 Å². The van der Waals surface area contributed by atoms with Gasteiger partial charge in [-0.2, -0.15) is 0 Å². The van der Waals surface area contributed by atoms with Gasteiger partial charge < -0.3 is 5.32 Å². The maximum absolute atomic E-state index is 12.1. The first-order valence-corrected chi connectivity index (χ1v) is 6.42. The molecule has 0 saturated carbocycles. The molecule has 3 aromatic heterocycles. The molecular formula is C15H13N5O. The molecule has 3 heterocycles. The van der Waals surface area contributed by atoms with Crippen LogP contribution in [0.5, 0.6) is 0 Å². The largest absolute Gasteiger partial charge is 0.307 e. The lowest BCUT2D eigenvalue weighted by atomic mass is 10.2. The molecule has 0 atom stereocenters. The van der Waals surface area contributed by atoms with Gasteiger partial charge in [0.1, 0.15) is 18.0 Å². The van der Waals surface area contributed by atoms with Crippen LogP contribution in [0.3, 0.4) is 0 Å². The van der Waals surface area contributed by atoms with Crippen molar-refractivity contribution in [2.24, 2.45) is 0 Å². The number of rotatable bonds is 3. The van der Waals surface area contributed by atoms with Gasteiger partial charge in [0, 0.05) is 24.3 Å². The summed E-state index contributed by atoms with van der Waals surface area (Å²) in [6.07, 6.45) is 6.64. The van der Waals surface area contributed by atoms with Crippen molar-refractivity contribution >= 4 is 11.7 Å². The summed E-state index contributed by atoms with van der Waals surface area (Å²) in [5.74, 6) is 0.995. The number of carbonyl (C=O) groups is 1. The fourth-order valence-corrected chi connectivity index (χ4v) is 1.87. The van der Waals surface area contributed by atoms with Crippen LogP contribution in [0.15, 0.2) is 55.2 Å². The second-order valence-electron chi connectivity index (χ2n) is 4.49. The zero-order valence-electron chi connectivity index (χ0n) is 11.4. The summed E-state index contributed by atoms with van der Waals surface area (Å²) in [5.41, 5.74) is 1.32. The van der Waals surface area contributed by atoms with Crippen LogP contribution >= 0.6 is 0 Å². The molecule has 1 N–H and O–H groups in total. The molecule has 0 unspecified atom stereocenters. The van der Waals surface area contributed by atoms with E-state index in [0.717, 1.165) is 5.69 Å². The minimum atomic E-state index is -0.238. The van der Waals surface area contributed by atoms with Crippen molar-refractivity contribution in [1.29, 1.82) is 0 Å². The highest BCUT2D eigenvalue weighted by Crippen LogP contribution is 2.09. The lowest BCUT2D eigenvalue weighted by Crippen LogP contribution is -2.13. The van der Waals surface area contributed by atoms with Crippen molar-refractivity contribution in [3.05, 3.63) is 66.5 Å². The quantitative estimate of drug-likeness (QED) is 0.798. The van der Waals surface area contributed by atoms with Gasteiger partial charge in [0.05, 0.1) is 5.56 Å². The van der Waals surface area contributed by atoms with Gasteiger partial charge in [-0.15, -0.1) is 0 Å². The van der Waals surface area contributed by atoms with Gasteiger partial charge in [-0.25, -0.2) is 15.0 Å². The lowest BCUT2D eigenvalue weighted by Gasteiger charge is -2.06. The van der Waals surface area contributed by atoms with Crippen LogP contribution in [-0.4, -0.2) is 25.4 Å². The molecule has 21 heavy (non-hydrogen) atoms. The van der Waals surface area contributed by atoms with E-state index in [1.807, 2.05) is 19.1 Å². The minimum Gasteiger partial charge on any atom is -0.307 e. The van der Waals surface area contributed by atoms with E-state index in [0.29, 0.717) is 17.2 Å². The predicted octanol–water partition coefficient (Wildman–Crippen LogP) is 2.22. The summed E-state index contributed by atoms with van der Waals surface area (Å²) in [6, 6.07) is 8.95. The van der Waals surface area contributed by atoms with Gasteiger partial charge in [0.2, 0.25) is 0 Å². The number of hydrogen-bond donors (Lipinski definition) is 1. The topological polar surface area (TPSA) is 72.7 Å². The fraction of sp³-hybridized carbons (Fsp3) is 0.0667. The summed E-state index contributed by atoms with van der Waals surface area (Å²) in [4.78, 5) is 24.5. The van der Waals surface area contributed by atoms with Crippen LogP contribution < -0.4 is 5.32 Å². The van der Waals surface area contributed by atoms with Crippen LogP contribution in [0.1, 0.15) is 16.1 Å². The number of aromatic nitrogens is 4. The molecule has 0 saturated heterocycles. The first-order valence-electron chi connectivity index (χ1n) is 6.42. The molecule has 0 aromatic carbocycles. The van der Waals surface area contributed by atoms with Gasteiger partial charge in [-0.1, -0.05) is 6.07 Å². The normalized spacial score (nSPS) is 10.3. The number of aryl methyl sites for hydroxylation is 1. The van der Waals surface area contributed by atoms with Crippen molar-refractivity contribution in [3.8, 4) is 5.82 Å². The smallest absolute Gasteiger partial charge is 0.258 e. The Hall–Kier alpha value is -3.02. The van der Waals surface area contributed by atoms with E-state index in [1.165, 1.54) is 6.20 Å². The average Bonchev–Trinajstić information content (AvgIpc) is 3.01. The van der Waals surface area contributed by atoms with Crippen molar-refractivity contribution in [3.63, 3.8) is 0 Å². The van der Waals surface area contributed by atoms with Crippen molar-refractivity contribution in [2.75, 3.05) is 5.32 Å². The van der Waals surface area contributed by atoms with Crippen molar-refractivity contribution in [2.45, 2.75) is 6.92 Å². The molecule has 0 aliphatic carbocycles. The third-order valence-electron chi connectivity index (χ3n) is 2.91. The maximum atomic E-state index is 12.1. The molecular weight excluding hydrogens is 266 g/mol. The zero-order valence-corrected chi connectivity index (χ0v) is 11.4. The van der Waals surface area contributed by atoms with E-state index in [2.05, 4.69) is 20.3 Å². The van der Waals surface area contributed by atoms with Gasteiger partial charge in [0.15, 0.2) is 0 Å². The molecule has 0 aliphatic heterocycles. The van der Waals surface area contributed by atoms with Crippen LogP contribution in [-0.2, 0) is 0 Å². The predicted molar refractivity (Wildman–Crippen MR) is 78.3 cm³/mol. The Morgan fingerprint density at radius 2 is 2.14 bits per heavy atom. The van der Waals surface area contributed by atoms with Gasteiger partial charge in [0.25, 0.3) is 5.91 Å². The Labute approximate surface area is 121 Å². The Morgan fingerprint density at radius 3 is 2.81 bits per heavy atom. The van der Waals surface area contributed by atoms with Gasteiger partial charge in [-0.3, -0.25) is 9.36 Å². The highest BCUT2D eigenvalue weighted by atomic mass is 16.1. The number of anilines is 1. The molecule has 6 nitrogen and oxygen atoms in total. The Kier molecular flexibility index (Phi) is 3.42. The molecule has 3 rings (SSSR count). The average molecular weight is 279 g/mol. The number of nitrogens with one attached hydrogen (secondary N) is 1. The van der Waals surface area contributed by atoms with Crippen molar-refractivity contribution in [1.82, 2.24) is 19.5 Å². The van der Waals surface area contributed by atoms with Gasteiger partial charge >= 0.3 is 0 Å². The van der Waals surface area contributed by atoms with Crippen LogP contribution in [0.25, 0.3) is 5.82 Å². The van der Waals surface area contributed by atoms with E-state index in [4.69, 9.17) is 0 Å². The molecule has 3 aromatic rings. The molecule has 0 bridgehead atoms. The summed E-state index contributed by atoms with van der Waals surface area (Å²) in [5, 5.41) is 2.74. The SMILES string of the molecule is Cc1cccc(NC(=O)c2ccc(-n3ccnc3)nc2)n1. The molecule has 0 spiro atoms. The zero-order chi connectivity index (χ0) is 14.7. The number of pyridine rings is 2. The van der Waals surface area contributed by atoms with Gasteiger partial charge in [-0.05, 0) is 31.2 Å². The first kappa shape index (κ1) is 13.0. The summed E-state index contributed by atoms with van der Waals surface area (Å²) < 4.78 is 1.77. The second-order valence-corrected chi connectivity index (χ2v) is 4.49.